The number of likely N-dealkylation sites (tertiary alicyclic amines) is 1. The lowest BCUT2D eigenvalue weighted by Gasteiger charge is -2.24. The molecule has 0 N–H and O–H groups in total. The van der Waals surface area contributed by atoms with Gasteiger partial charge in [-0.05, 0) is 38.4 Å². The van der Waals surface area contributed by atoms with Crippen LogP contribution in [-0.2, 0) is 6.54 Å². The summed E-state index contributed by atoms with van der Waals surface area (Å²) in [5, 5.41) is 3.85. The number of thiophene rings is 1. The van der Waals surface area contributed by atoms with Gasteiger partial charge in [0, 0.05) is 24.7 Å². The van der Waals surface area contributed by atoms with Crippen LogP contribution in [0, 0.1) is 0 Å². The van der Waals surface area contributed by atoms with Crippen molar-refractivity contribution in [2.45, 2.75) is 25.4 Å². The SMILES string of the molecule is CN(C)Cc1cncc([C@@H]2CCCN2C(=O)c2ccsc2)n1. The number of carbonyl (C=O) groups excluding carboxylic acids is 1. The van der Waals surface area contributed by atoms with Crippen LogP contribution < -0.4 is 0 Å². The first-order chi connectivity index (χ1) is 10.6. The Kier molecular flexibility index (Phi) is 4.49. The Labute approximate surface area is 134 Å². The number of carbonyl (C=O) groups is 1. The first-order valence-corrected chi connectivity index (χ1v) is 8.38. The fraction of sp³-hybridized carbons (Fsp3) is 0.438. The summed E-state index contributed by atoms with van der Waals surface area (Å²) in [5.41, 5.74) is 2.62. The summed E-state index contributed by atoms with van der Waals surface area (Å²) >= 11 is 1.55. The van der Waals surface area contributed by atoms with Crippen molar-refractivity contribution in [1.29, 1.82) is 0 Å². The van der Waals surface area contributed by atoms with Crippen LogP contribution in [-0.4, -0.2) is 46.3 Å². The standard InChI is InChI=1S/C16H20N4OS/c1-19(2)10-13-8-17-9-14(18-13)15-4-3-6-20(15)16(21)12-5-7-22-11-12/h5,7-9,11,15H,3-4,6,10H2,1-2H3/t15-/m0/s1. The predicted octanol–water partition coefficient (Wildman–Crippen LogP) is 2.58. The fourth-order valence-corrected chi connectivity index (χ4v) is 3.48. The Morgan fingerprint density at radius 3 is 3.05 bits per heavy atom. The Bertz CT molecular complexity index is 641. The van der Waals surface area contributed by atoms with Gasteiger partial charge in [-0.2, -0.15) is 11.3 Å². The van der Waals surface area contributed by atoms with Crippen molar-refractivity contribution < 1.29 is 4.79 Å². The second-order valence-corrected chi connectivity index (χ2v) is 6.62. The maximum Gasteiger partial charge on any atom is 0.255 e. The van der Waals surface area contributed by atoms with Crippen LogP contribution in [0.25, 0.3) is 0 Å². The molecule has 5 nitrogen and oxygen atoms in total. The molecule has 0 spiro atoms. The van der Waals surface area contributed by atoms with Gasteiger partial charge in [-0.3, -0.25) is 14.8 Å². The van der Waals surface area contributed by atoms with Gasteiger partial charge in [0.1, 0.15) is 0 Å². The molecular weight excluding hydrogens is 296 g/mol. The van der Waals surface area contributed by atoms with Crippen LogP contribution in [0.15, 0.2) is 29.2 Å². The van der Waals surface area contributed by atoms with Crippen LogP contribution in [0.4, 0.5) is 0 Å². The van der Waals surface area contributed by atoms with E-state index in [9.17, 15) is 4.79 Å². The molecule has 116 valence electrons. The zero-order valence-electron chi connectivity index (χ0n) is 12.9. The normalized spacial score (nSPS) is 18.1. The molecule has 1 atom stereocenters. The molecule has 6 heteroatoms. The van der Waals surface area contributed by atoms with Gasteiger partial charge < -0.3 is 9.80 Å². The first-order valence-electron chi connectivity index (χ1n) is 7.44. The van der Waals surface area contributed by atoms with Gasteiger partial charge in [0.05, 0.1) is 29.2 Å². The van der Waals surface area contributed by atoms with E-state index >= 15 is 0 Å². The quantitative estimate of drug-likeness (QED) is 0.870. The number of hydrogen-bond acceptors (Lipinski definition) is 5. The van der Waals surface area contributed by atoms with Crippen LogP contribution in [0.3, 0.4) is 0 Å². The van der Waals surface area contributed by atoms with Gasteiger partial charge in [0.2, 0.25) is 0 Å². The predicted molar refractivity (Wildman–Crippen MR) is 86.8 cm³/mol. The van der Waals surface area contributed by atoms with E-state index in [1.54, 1.807) is 23.7 Å². The van der Waals surface area contributed by atoms with E-state index in [1.165, 1.54) is 0 Å². The maximum absolute atomic E-state index is 12.6. The zero-order chi connectivity index (χ0) is 15.5. The number of amides is 1. The third-order valence-electron chi connectivity index (χ3n) is 3.80. The highest BCUT2D eigenvalue weighted by Gasteiger charge is 2.32. The molecule has 1 aliphatic rings. The lowest BCUT2D eigenvalue weighted by atomic mass is 10.1. The smallest absolute Gasteiger partial charge is 0.255 e. The minimum atomic E-state index is 0.0435. The van der Waals surface area contributed by atoms with Crippen LogP contribution in [0.1, 0.15) is 40.6 Å². The second kappa shape index (κ2) is 6.54. The second-order valence-electron chi connectivity index (χ2n) is 5.84. The monoisotopic (exact) mass is 316 g/mol. The summed E-state index contributed by atoms with van der Waals surface area (Å²) in [7, 11) is 4.02. The molecular formula is C16H20N4OS. The Balaban J connectivity index is 1.82. The minimum Gasteiger partial charge on any atom is -0.330 e. The highest BCUT2D eigenvalue weighted by Crippen LogP contribution is 2.32. The molecule has 2 aromatic heterocycles. The molecule has 3 heterocycles. The third kappa shape index (κ3) is 3.18. The fourth-order valence-electron chi connectivity index (χ4n) is 2.85. The molecule has 0 aliphatic carbocycles. The average molecular weight is 316 g/mol. The summed E-state index contributed by atoms with van der Waals surface area (Å²) < 4.78 is 0. The number of hydrogen-bond donors (Lipinski definition) is 0. The minimum absolute atomic E-state index is 0.0435. The molecule has 0 aromatic carbocycles. The Hall–Kier alpha value is -1.79. The van der Waals surface area contributed by atoms with E-state index in [1.807, 2.05) is 35.8 Å². The highest BCUT2D eigenvalue weighted by atomic mass is 32.1. The van der Waals surface area contributed by atoms with E-state index in [0.717, 1.165) is 42.9 Å². The molecule has 1 aliphatic heterocycles. The molecule has 1 fully saturated rings. The van der Waals surface area contributed by atoms with Gasteiger partial charge in [0.15, 0.2) is 0 Å². The van der Waals surface area contributed by atoms with Crippen molar-refractivity contribution in [2.75, 3.05) is 20.6 Å². The van der Waals surface area contributed by atoms with Crippen molar-refractivity contribution in [3.05, 3.63) is 46.2 Å². The van der Waals surface area contributed by atoms with Gasteiger partial charge in [-0.25, -0.2) is 0 Å². The molecule has 22 heavy (non-hydrogen) atoms. The van der Waals surface area contributed by atoms with E-state index in [4.69, 9.17) is 4.98 Å². The molecule has 0 saturated carbocycles. The average Bonchev–Trinajstić information content (AvgIpc) is 3.18. The van der Waals surface area contributed by atoms with E-state index in [0.29, 0.717) is 0 Å². The zero-order valence-corrected chi connectivity index (χ0v) is 13.7. The summed E-state index contributed by atoms with van der Waals surface area (Å²) in [6, 6.07) is 1.93. The molecule has 0 unspecified atom stereocenters. The largest absolute Gasteiger partial charge is 0.330 e. The number of nitrogens with zero attached hydrogens (tertiary/aromatic N) is 4. The third-order valence-corrected chi connectivity index (χ3v) is 4.49. The lowest BCUT2D eigenvalue weighted by molar-refractivity contribution is 0.0733. The van der Waals surface area contributed by atoms with E-state index in [-0.39, 0.29) is 11.9 Å². The van der Waals surface area contributed by atoms with Gasteiger partial charge in [-0.1, -0.05) is 0 Å². The Morgan fingerprint density at radius 2 is 2.32 bits per heavy atom. The summed E-state index contributed by atoms with van der Waals surface area (Å²) in [4.78, 5) is 25.7. The van der Waals surface area contributed by atoms with Gasteiger partial charge in [-0.15, -0.1) is 0 Å². The molecule has 2 aromatic rings. The summed E-state index contributed by atoms with van der Waals surface area (Å²) in [6.07, 6.45) is 5.56. The van der Waals surface area contributed by atoms with Crippen molar-refractivity contribution in [1.82, 2.24) is 19.8 Å². The van der Waals surface area contributed by atoms with E-state index < -0.39 is 0 Å². The lowest BCUT2D eigenvalue weighted by Crippen LogP contribution is -2.31. The van der Waals surface area contributed by atoms with Crippen molar-refractivity contribution in [3.63, 3.8) is 0 Å². The van der Waals surface area contributed by atoms with Gasteiger partial charge >= 0.3 is 0 Å². The summed E-state index contributed by atoms with van der Waals surface area (Å²) in [6.45, 7) is 1.55. The van der Waals surface area contributed by atoms with Crippen LogP contribution >= 0.6 is 11.3 Å². The number of aromatic nitrogens is 2. The highest BCUT2D eigenvalue weighted by molar-refractivity contribution is 7.08. The number of rotatable bonds is 4. The van der Waals surface area contributed by atoms with Crippen molar-refractivity contribution in [2.24, 2.45) is 0 Å². The molecule has 1 amide bonds. The molecule has 0 radical (unpaired) electrons. The summed E-state index contributed by atoms with van der Waals surface area (Å²) in [5.74, 6) is 0.101. The molecule has 1 saturated heterocycles. The van der Waals surface area contributed by atoms with Crippen molar-refractivity contribution in [3.8, 4) is 0 Å². The molecule has 0 bridgehead atoms. The van der Waals surface area contributed by atoms with Crippen LogP contribution in [0.5, 0.6) is 0 Å². The topological polar surface area (TPSA) is 49.3 Å². The van der Waals surface area contributed by atoms with Gasteiger partial charge in [0.25, 0.3) is 5.91 Å². The van der Waals surface area contributed by atoms with Crippen molar-refractivity contribution >= 4 is 17.2 Å². The van der Waals surface area contributed by atoms with E-state index in [2.05, 4.69) is 9.88 Å². The first kappa shape index (κ1) is 15.1. The maximum atomic E-state index is 12.6. The Morgan fingerprint density at radius 1 is 1.45 bits per heavy atom. The van der Waals surface area contributed by atoms with Crippen LogP contribution in [0.2, 0.25) is 0 Å². The molecule has 3 rings (SSSR count).